The van der Waals surface area contributed by atoms with Crippen LogP contribution in [0.15, 0.2) is 41.3 Å². The van der Waals surface area contributed by atoms with E-state index >= 15 is 0 Å². The average Bonchev–Trinajstić information content (AvgIpc) is 2.83. The molecule has 0 radical (unpaired) electrons. The summed E-state index contributed by atoms with van der Waals surface area (Å²) in [5, 5.41) is 9.20. The Labute approximate surface area is 194 Å². The molecular weight excluding hydrogens is 418 g/mol. The van der Waals surface area contributed by atoms with Crippen LogP contribution in [0.2, 0.25) is 0 Å². The summed E-state index contributed by atoms with van der Waals surface area (Å²) in [6.07, 6.45) is 2.71. The third-order valence-corrected chi connectivity index (χ3v) is 6.02. The first kappa shape index (κ1) is 23.4. The third-order valence-electron chi connectivity index (χ3n) is 6.02. The Balaban J connectivity index is 1.72. The van der Waals surface area contributed by atoms with Crippen LogP contribution < -0.4 is 10.5 Å². The predicted molar refractivity (Wildman–Crippen MR) is 131 cm³/mol. The highest BCUT2D eigenvalue weighted by molar-refractivity contribution is 5.80. The maximum atomic E-state index is 13.6. The number of fused-ring (bicyclic) bond motifs is 1. The fourth-order valence-electron chi connectivity index (χ4n) is 4.25. The van der Waals surface area contributed by atoms with E-state index in [0.717, 1.165) is 41.8 Å². The molecule has 0 unspecified atom stereocenters. The summed E-state index contributed by atoms with van der Waals surface area (Å²) >= 11 is 0. The number of aromatic nitrogens is 3. The van der Waals surface area contributed by atoms with Gasteiger partial charge in [-0.15, -0.1) is 0 Å². The van der Waals surface area contributed by atoms with Gasteiger partial charge >= 0.3 is 0 Å². The van der Waals surface area contributed by atoms with Crippen molar-refractivity contribution in [1.82, 2.24) is 19.4 Å². The van der Waals surface area contributed by atoms with Crippen molar-refractivity contribution in [3.8, 4) is 11.3 Å². The number of β-amino-alcohol motifs (C(OH)–C–C–N with tert-alkyl or cyclic N) is 1. The number of piperazine rings is 1. The standard InChI is InChI=1S/C25H33N5O3/c1-3-14-33-15-12-30-23-17-21(20-6-4-5-19(2)16-20)26-18-22(23)27-24(25(30)32)29-9-7-28(8-10-29)11-13-31/h4-6,16-18,31H,3,7-15H2,1-2H3. The highest BCUT2D eigenvalue weighted by Crippen LogP contribution is 2.23. The van der Waals surface area contributed by atoms with Crippen molar-refractivity contribution in [3.63, 3.8) is 0 Å². The molecule has 0 atom stereocenters. The molecular formula is C25H33N5O3. The molecule has 0 aliphatic carbocycles. The molecule has 1 aliphatic heterocycles. The molecule has 0 amide bonds. The lowest BCUT2D eigenvalue weighted by molar-refractivity contribution is 0.127. The summed E-state index contributed by atoms with van der Waals surface area (Å²) in [4.78, 5) is 27.2. The van der Waals surface area contributed by atoms with Crippen LogP contribution in [0.4, 0.5) is 5.82 Å². The first-order chi connectivity index (χ1) is 16.1. The maximum absolute atomic E-state index is 13.6. The van der Waals surface area contributed by atoms with Gasteiger partial charge in [-0.25, -0.2) is 4.98 Å². The van der Waals surface area contributed by atoms with Gasteiger partial charge in [0.1, 0.15) is 5.52 Å². The van der Waals surface area contributed by atoms with Crippen LogP contribution in [0.1, 0.15) is 18.9 Å². The SMILES string of the molecule is CCCOCCn1c(=O)c(N2CCN(CCO)CC2)nc2cnc(-c3cccc(C)c3)cc21. The van der Waals surface area contributed by atoms with Crippen LogP contribution in [0.5, 0.6) is 0 Å². The Morgan fingerprint density at radius 2 is 1.91 bits per heavy atom. The van der Waals surface area contributed by atoms with Gasteiger partial charge in [0.25, 0.3) is 5.56 Å². The molecule has 8 nitrogen and oxygen atoms in total. The lowest BCUT2D eigenvalue weighted by Crippen LogP contribution is -2.49. The first-order valence-corrected chi connectivity index (χ1v) is 11.7. The molecule has 4 rings (SSSR count). The molecule has 0 saturated carbocycles. The Morgan fingerprint density at radius 1 is 1.09 bits per heavy atom. The van der Waals surface area contributed by atoms with Gasteiger partial charge < -0.3 is 19.3 Å². The van der Waals surface area contributed by atoms with Crippen LogP contribution in [0.25, 0.3) is 22.3 Å². The smallest absolute Gasteiger partial charge is 0.294 e. The van der Waals surface area contributed by atoms with Gasteiger partial charge in [-0.3, -0.25) is 14.7 Å². The second-order valence-electron chi connectivity index (χ2n) is 8.48. The van der Waals surface area contributed by atoms with Crippen molar-refractivity contribution in [2.24, 2.45) is 0 Å². The Kier molecular flexibility index (Phi) is 7.69. The van der Waals surface area contributed by atoms with E-state index in [1.165, 1.54) is 0 Å². The van der Waals surface area contributed by atoms with Crippen LogP contribution in [0.3, 0.4) is 0 Å². The molecule has 1 N–H and O–H groups in total. The summed E-state index contributed by atoms with van der Waals surface area (Å²) in [5.74, 6) is 0.465. The molecule has 0 bridgehead atoms. The number of ether oxygens (including phenoxy) is 1. The van der Waals surface area contributed by atoms with E-state index in [9.17, 15) is 9.90 Å². The molecule has 2 aromatic heterocycles. The highest BCUT2D eigenvalue weighted by Gasteiger charge is 2.22. The number of benzene rings is 1. The van der Waals surface area contributed by atoms with Gasteiger partial charge in [0.15, 0.2) is 5.82 Å². The van der Waals surface area contributed by atoms with E-state index in [2.05, 4.69) is 35.9 Å². The fraction of sp³-hybridized carbons (Fsp3) is 0.480. The van der Waals surface area contributed by atoms with Crippen molar-refractivity contribution < 1.29 is 9.84 Å². The average molecular weight is 452 g/mol. The van der Waals surface area contributed by atoms with Crippen molar-refractivity contribution >= 4 is 16.9 Å². The number of hydrogen-bond donors (Lipinski definition) is 1. The van der Waals surface area contributed by atoms with Crippen LogP contribution in [0, 0.1) is 6.92 Å². The van der Waals surface area contributed by atoms with E-state index in [1.54, 1.807) is 10.8 Å². The summed E-state index contributed by atoms with van der Waals surface area (Å²) in [7, 11) is 0. The molecule has 1 aliphatic rings. The van der Waals surface area contributed by atoms with Crippen molar-refractivity contribution in [2.75, 3.05) is 57.4 Å². The van der Waals surface area contributed by atoms with E-state index in [1.807, 2.05) is 23.1 Å². The monoisotopic (exact) mass is 451 g/mol. The van der Waals surface area contributed by atoms with E-state index in [-0.39, 0.29) is 12.2 Å². The second kappa shape index (κ2) is 10.9. The lowest BCUT2D eigenvalue weighted by atomic mass is 10.1. The van der Waals surface area contributed by atoms with Crippen LogP contribution in [-0.4, -0.2) is 77.1 Å². The number of aliphatic hydroxyl groups is 1. The molecule has 1 aromatic carbocycles. The molecule has 1 fully saturated rings. The topological polar surface area (TPSA) is 83.7 Å². The highest BCUT2D eigenvalue weighted by atomic mass is 16.5. The number of pyridine rings is 1. The number of hydrogen-bond acceptors (Lipinski definition) is 7. The molecule has 3 aromatic rings. The fourth-order valence-corrected chi connectivity index (χ4v) is 4.25. The molecule has 8 heteroatoms. The molecule has 3 heterocycles. The van der Waals surface area contributed by atoms with Crippen molar-refractivity contribution in [2.45, 2.75) is 26.8 Å². The summed E-state index contributed by atoms with van der Waals surface area (Å²) < 4.78 is 7.49. The largest absolute Gasteiger partial charge is 0.395 e. The van der Waals surface area contributed by atoms with Gasteiger partial charge in [-0.05, 0) is 25.5 Å². The van der Waals surface area contributed by atoms with Gasteiger partial charge in [0, 0.05) is 51.4 Å². The van der Waals surface area contributed by atoms with E-state index in [0.29, 0.717) is 50.7 Å². The molecule has 176 valence electrons. The normalized spacial score (nSPS) is 14.8. The zero-order valence-electron chi connectivity index (χ0n) is 19.5. The minimum Gasteiger partial charge on any atom is -0.395 e. The Hall–Kier alpha value is -2.81. The zero-order chi connectivity index (χ0) is 23.2. The van der Waals surface area contributed by atoms with Crippen LogP contribution >= 0.6 is 0 Å². The molecule has 0 spiro atoms. The number of aliphatic hydroxyl groups excluding tert-OH is 1. The minimum atomic E-state index is -0.0976. The van der Waals surface area contributed by atoms with Crippen LogP contribution in [-0.2, 0) is 11.3 Å². The molecule has 1 saturated heterocycles. The third kappa shape index (κ3) is 5.40. The van der Waals surface area contributed by atoms with Crippen molar-refractivity contribution in [3.05, 3.63) is 52.4 Å². The van der Waals surface area contributed by atoms with E-state index < -0.39 is 0 Å². The first-order valence-electron chi connectivity index (χ1n) is 11.7. The maximum Gasteiger partial charge on any atom is 0.294 e. The minimum absolute atomic E-state index is 0.0976. The zero-order valence-corrected chi connectivity index (χ0v) is 19.5. The predicted octanol–water partition coefficient (Wildman–Crippen LogP) is 2.31. The van der Waals surface area contributed by atoms with Gasteiger partial charge in [0.05, 0.1) is 30.6 Å². The number of aryl methyl sites for hydroxylation is 1. The van der Waals surface area contributed by atoms with Crippen molar-refractivity contribution in [1.29, 1.82) is 0 Å². The summed E-state index contributed by atoms with van der Waals surface area (Å²) in [6.45, 7) is 9.54. The lowest BCUT2D eigenvalue weighted by Gasteiger charge is -2.34. The number of anilines is 1. The summed E-state index contributed by atoms with van der Waals surface area (Å²) in [5.41, 5.74) is 4.37. The van der Waals surface area contributed by atoms with E-state index in [4.69, 9.17) is 9.72 Å². The van der Waals surface area contributed by atoms with Gasteiger partial charge in [0.2, 0.25) is 0 Å². The Bertz CT molecular complexity index is 1140. The summed E-state index contributed by atoms with van der Waals surface area (Å²) in [6, 6.07) is 10.2. The molecule has 33 heavy (non-hydrogen) atoms. The number of nitrogens with zero attached hydrogens (tertiary/aromatic N) is 5. The van der Waals surface area contributed by atoms with Gasteiger partial charge in [-0.2, -0.15) is 0 Å². The second-order valence-corrected chi connectivity index (χ2v) is 8.48. The van der Waals surface area contributed by atoms with Gasteiger partial charge in [-0.1, -0.05) is 30.7 Å². The number of rotatable bonds is 9. The Morgan fingerprint density at radius 3 is 2.64 bits per heavy atom. The quantitative estimate of drug-likeness (QED) is 0.500.